The smallest absolute Gasteiger partial charge is 0.227 e. The van der Waals surface area contributed by atoms with Gasteiger partial charge >= 0.3 is 0 Å². The van der Waals surface area contributed by atoms with E-state index in [-0.39, 0.29) is 10.8 Å². The molecule has 4 heterocycles. The Morgan fingerprint density at radius 2 is 1.61 bits per heavy atom. The maximum atomic E-state index is 6.22. The molecule has 0 amide bonds. The Hall–Kier alpha value is -2.72. The van der Waals surface area contributed by atoms with E-state index in [1.807, 2.05) is 24.3 Å². The van der Waals surface area contributed by atoms with Gasteiger partial charge in [0.15, 0.2) is 0 Å². The summed E-state index contributed by atoms with van der Waals surface area (Å²) < 4.78 is 7.46. The van der Waals surface area contributed by atoms with Gasteiger partial charge in [0.2, 0.25) is 5.71 Å². The predicted molar refractivity (Wildman–Crippen MR) is 132 cm³/mol. The average Bonchev–Trinajstić information content (AvgIpc) is 3.24. The number of aromatic nitrogens is 2. The normalized spacial score (nSPS) is 13.0. The maximum Gasteiger partial charge on any atom is 0.227 e. The lowest BCUT2D eigenvalue weighted by Gasteiger charge is -2.38. The second-order valence-electron chi connectivity index (χ2n) is 10.1. The molecule has 0 fully saturated rings. The van der Waals surface area contributed by atoms with Gasteiger partial charge in [-0.05, 0) is 55.2 Å². The zero-order valence-electron chi connectivity index (χ0n) is 19.3. The quantitative estimate of drug-likeness (QED) is 0.284. The van der Waals surface area contributed by atoms with Crippen LogP contribution in [0, 0.1) is 19.3 Å². The third-order valence-corrected chi connectivity index (χ3v) is 8.56. The maximum absolute atomic E-state index is 6.22. The molecule has 1 aromatic carbocycles. The summed E-state index contributed by atoms with van der Waals surface area (Å²) in [6.07, 6.45) is 0. The van der Waals surface area contributed by atoms with Crippen molar-refractivity contribution in [1.82, 2.24) is 9.97 Å². The fraction of sp³-hybridized carbons (Fsp3) is 0.333. The lowest BCUT2D eigenvalue weighted by Crippen LogP contribution is -2.33. The van der Waals surface area contributed by atoms with Gasteiger partial charge in [-0.15, -0.1) is 11.3 Å². The van der Waals surface area contributed by atoms with Crippen LogP contribution in [0.2, 0.25) is 0 Å². The Bertz CT molecular complexity index is 1460. The van der Waals surface area contributed by atoms with Gasteiger partial charge in [-0.1, -0.05) is 46.8 Å². The van der Waals surface area contributed by atoms with Crippen LogP contribution < -0.4 is 0 Å². The van der Waals surface area contributed by atoms with E-state index < -0.39 is 0 Å². The first kappa shape index (κ1) is 20.2. The van der Waals surface area contributed by atoms with E-state index in [1.165, 1.54) is 15.1 Å². The van der Waals surface area contributed by atoms with Crippen LogP contribution in [0.25, 0.3) is 43.5 Å². The number of aryl methyl sites for hydroxylation is 2. The van der Waals surface area contributed by atoms with Gasteiger partial charge in [0.1, 0.15) is 5.58 Å². The highest BCUT2D eigenvalue weighted by molar-refractivity contribution is 7.19. The Morgan fingerprint density at radius 3 is 2.35 bits per heavy atom. The molecule has 0 saturated carbocycles. The largest absolute Gasteiger partial charge is 0.437 e. The fourth-order valence-electron chi connectivity index (χ4n) is 4.15. The molecule has 0 atom stereocenters. The van der Waals surface area contributed by atoms with E-state index >= 15 is 0 Å². The minimum absolute atomic E-state index is 0.0604. The monoisotopic (exact) mass is 428 g/mol. The molecule has 0 aliphatic rings. The molecule has 3 nitrogen and oxygen atoms in total. The molecule has 31 heavy (non-hydrogen) atoms. The molecular formula is C27H28N2OS. The van der Waals surface area contributed by atoms with Gasteiger partial charge in [-0.3, -0.25) is 0 Å². The van der Waals surface area contributed by atoms with Crippen molar-refractivity contribution in [3.8, 4) is 11.3 Å². The summed E-state index contributed by atoms with van der Waals surface area (Å²) in [7, 11) is 0. The first-order chi connectivity index (χ1) is 14.6. The number of pyridine rings is 2. The standard InChI is InChI=1S/C27H28N2OS/c1-15-11-12-18-17-9-8-10-19(23(17)30-25(18)28-15)20-13-14-21-22(29-20)16(2)24(31-21)27(6,7)26(3,4)5/h8-14H,1-7H3. The number of fused-ring (bicyclic) bond motifs is 4. The molecule has 0 aliphatic heterocycles. The Labute approximate surface area is 187 Å². The predicted octanol–water partition coefficient (Wildman–Crippen LogP) is 8.20. The molecule has 158 valence electrons. The van der Waals surface area contributed by atoms with Crippen LogP contribution in [-0.2, 0) is 5.41 Å². The van der Waals surface area contributed by atoms with E-state index in [9.17, 15) is 0 Å². The zero-order chi connectivity index (χ0) is 22.1. The molecule has 5 aromatic rings. The molecule has 0 N–H and O–H groups in total. The van der Waals surface area contributed by atoms with E-state index in [1.54, 1.807) is 0 Å². The van der Waals surface area contributed by atoms with Crippen molar-refractivity contribution in [3.05, 3.63) is 58.6 Å². The first-order valence-electron chi connectivity index (χ1n) is 10.8. The number of thiophene rings is 1. The van der Waals surface area contributed by atoms with Crippen LogP contribution in [0.5, 0.6) is 0 Å². The van der Waals surface area contributed by atoms with Crippen molar-refractivity contribution in [2.75, 3.05) is 0 Å². The van der Waals surface area contributed by atoms with Crippen LogP contribution in [-0.4, -0.2) is 9.97 Å². The Morgan fingerprint density at radius 1 is 0.839 bits per heavy atom. The van der Waals surface area contributed by atoms with Crippen LogP contribution in [0.1, 0.15) is 50.8 Å². The second-order valence-corrected chi connectivity index (χ2v) is 11.1. The summed E-state index contributed by atoms with van der Waals surface area (Å²) in [6.45, 7) is 15.8. The fourth-order valence-corrected chi connectivity index (χ4v) is 5.61. The van der Waals surface area contributed by atoms with Crippen molar-refractivity contribution < 1.29 is 4.42 Å². The molecule has 4 heteroatoms. The molecule has 0 unspecified atom stereocenters. The summed E-state index contributed by atoms with van der Waals surface area (Å²) in [6, 6.07) is 14.7. The Kier molecular flexibility index (Phi) is 4.32. The summed E-state index contributed by atoms with van der Waals surface area (Å²) >= 11 is 1.87. The minimum atomic E-state index is 0.0604. The van der Waals surface area contributed by atoms with Crippen LogP contribution in [0.4, 0.5) is 0 Å². The summed E-state index contributed by atoms with van der Waals surface area (Å²) in [4.78, 5) is 11.1. The highest BCUT2D eigenvalue weighted by Crippen LogP contribution is 2.47. The first-order valence-corrected chi connectivity index (χ1v) is 11.6. The second kappa shape index (κ2) is 6.64. The number of benzene rings is 1. The van der Waals surface area contributed by atoms with Gasteiger partial charge in [0, 0.05) is 32.3 Å². The molecule has 5 rings (SSSR count). The molecular weight excluding hydrogens is 400 g/mol. The molecule has 0 radical (unpaired) electrons. The van der Waals surface area contributed by atoms with E-state index in [4.69, 9.17) is 9.40 Å². The van der Waals surface area contributed by atoms with Gasteiger partial charge in [0.25, 0.3) is 0 Å². The van der Waals surface area contributed by atoms with Gasteiger partial charge in [0.05, 0.1) is 15.9 Å². The van der Waals surface area contributed by atoms with Gasteiger partial charge in [-0.2, -0.15) is 0 Å². The third kappa shape index (κ3) is 3.00. The number of nitrogens with zero attached hydrogens (tertiary/aromatic N) is 2. The number of para-hydroxylation sites is 1. The van der Waals surface area contributed by atoms with Crippen molar-refractivity contribution in [2.45, 2.75) is 53.9 Å². The summed E-state index contributed by atoms with van der Waals surface area (Å²) in [5.74, 6) is 0. The van der Waals surface area contributed by atoms with E-state index in [0.29, 0.717) is 5.71 Å². The average molecular weight is 429 g/mol. The van der Waals surface area contributed by atoms with E-state index in [0.717, 1.165) is 38.8 Å². The van der Waals surface area contributed by atoms with Crippen LogP contribution >= 0.6 is 11.3 Å². The van der Waals surface area contributed by atoms with Crippen molar-refractivity contribution in [1.29, 1.82) is 0 Å². The zero-order valence-corrected chi connectivity index (χ0v) is 20.1. The lowest BCUT2D eigenvalue weighted by atomic mass is 9.68. The highest BCUT2D eigenvalue weighted by Gasteiger charge is 2.37. The minimum Gasteiger partial charge on any atom is -0.437 e. The van der Waals surface area contributed by atoms with Gasteiger partial charge < -0.3 is 4.42 Å². The molecule has 0 saturated heterocycles. The van der Waals surface area contributed by atoms with Crippen LogP contribution in [0.3, 0.4) is 0 Å². The van der Waals surface area contributed by atoms with Gasteiger partial charge in [-0.25, -0.2) is 9.97 Å². The summed E-state index contributed by atoms with van der Waals surface area (Å²) in [5, 5.41) is 2.13. The number of hydrogen-bond donors (Lipinski definition) is 0. The molecule has 4 aromatic heterocycles. The van der Waals surface area contributed by atoms with Crippen LogP contribution in [0.15, 0.2) is 46.9 Å². The number of hydrogen-bond acceptors (Lipinski definition) is 4. The third-order valence-electron chi connectivity index (χ3n) is 6.99. The SMILES string of the molecule is Cc1ccc2c(n1)oc1c(-c3ccc4sc(C(C)(C)C(C)(C)C)c(C)c4n3)cccc12. The summed E-state index contributed by atoms with van der Waals surface area (Å²) in [5.41, 5.74) is 7.04. The highest BCUT2D eigenvalue weighted by atomic mass is 32.1. The lowest BCUT2D eigenvalue weighted by molar-refractivity contribution is 0.229. The van der Waals surface area contributed by atoms with Crippen molar-refractivity contribution in [2.24, 2.45) is 5.41 Å². The molecule has 0 bridgehead atoms. The van der Waals surface area contributed by atoms with E-state index in [2.05, 4.69) is 82.9 Å². The van der Waals surface area contributed by atoms with Crippen molar-refractivity contribution >= 4 is 43.6 Å². The molecule has 0 spiro atoms. The van der Waals surface area contributed by atoms with Crippen molar-refractivity contribution in [3.63, 3.8) is 0 Å². The topological polar surface area (TPSA) is 38.9 Å². The molecule has 0 aliphatic carbocycles. The number of furan rings is 1. The Balaban J connectivity index is 1.72. The number of rotatable bonds is 2.